The fraction of sp³-hybridized carbons (Fsp3) is 0.933. The van der Waals surface area contributed by atoms with E-state index in [1.807, 2.05) is 4.90 Å². The van der Waals surface area contributed by atoms with E-state index in [0.717, 1.165) is 6.54 Å². The molecule has 0 bridgehead atoms. The molecule has 0 aliphatic heterocycles. The minimum absolute atomic E-state index is 0.0390. The number of nitrogens with one attached hydrogen (secondary N) is 1. The number of sulfonamides is 1. The number of nitrogens with zero attached hydrogens (tertiary/aromatic N) is 1. The lowest BCUT2D eigenvalue weighted by Crippen LogP contribution is -2.56. The van der Waals surface area contributed by atoms with E-state index < -0.39 is 21.6 Å². The maximum Gasteiger partial charge on any atom is 0.317 e. The Balaban J connectivity index is 1.81. The zero-order valence-corrected chi connectivity index (χ0v) is 14.9. The lowest BCUT2D eigenvalue weighted by molar-refractivity contribution is -0.139. The maximum atomic E-state index is 12.2. The largest absolute Gasteiger partial charge is 0.480 e. The van der Waals surface area contributed by atoms with Crippen molar-refractivity contribution in [3.63, 3.8) is 0 Å². The minimum Gasteiger partial charge on any atom is -0.480 e. The topological polar surface area (TPSA) is 95.9 Å². The summed E-state index contributed by atoms with van der Waals surface area (Å²) in [6.45, 7) is 4.32. The quantitative estimate of drug-likeness (QED) is 0.602. The second-order valence-electron chi connectivity index (χ2n) is 7.43. The highest BCUT2D eigenvalue weighted by Gasteiger charge is 2.39. The van der Waals surface area contributed by atoms with Gasteiger partial charge in [-0.1, -0.05) is 0 Å². The number of hydrogen-bond acceptors (Lipinski definition) is 5. The number of aliphatic carboxylic acids is 1. The molecular weight excluding hydrogens is 320 g/mol. The molecule has 0 heterocycles. The minimum atomic E-state index is -3.40. The molecule has 0 aromatic carbocycles. The number of ether oxygens (including phenoxy) is 1. The van der Waals surface area contributed by atoms with Crippen molar-refractivity contribution < 1.29 is 23.1 Å². The molecule has 8 heteroatoms. The Bertz CT molecular complexity index is 524. The molecule has 2 rings (SSSR count). The van der Waals surface area contributed by atoms with Gasteiger partial charge in [-0.05, 0) is 45.4 Å². The molecule has 0 unspecified atom stereocenters. The Morgan fingerprint density at radius 3 is 2.43 bits per heavy atom. The average Bonchev–Trinajstić information content (AvgIpc) is 3.14. The van der Waals surface area contributed by atoms with Crippen LogP contribution in [0.25, 0.3) is 0 Å². The highest BCUT2D eigenvalue weighted by Crippen LogP contribution is 2.34. The van der Waals surface area contributed by atoms with Crippen LogP contribution in [0.15, 0.2) is 0 Å². The summed E-state index contributed by atoms with van der Waals surface area (Å²) in [6.07, 6.45) is 3.69. The molecule has 0 spiro atoms. The molecule has 0 aromatic rings. The number of methoxy groups -OCH3 is 1. The van der Waals surface area contributed by atoms with Crippen LogP contribution in [0.3, 0.4) is 0 Å². The molecule has 0 atom stereocenters. The molecule has 2 N–H and O–H groups in total. The van der Waals surface area contributed by atoms with Gasteiger partial charge in [-0.15, -0.1) is 0 Å². The van der Waals surface area contributed by atoms with E-state index in [9.17, 15) is 13.2 Å². The van der Waals surface area contributed by atoms with Crippen molar-refractivity contribution >= 4 is 16.0 Å². The number of carboxylic acids is 1. The van der Waals surface area contributed by atoms with Crippen molar-refractivity contribution in [2.45, 2.75) is 57.2 Å². The number of hydrogen-bond donors (Lipinski definition) is 2. The summed E-state index contributed by atoms with van der Waals surface area (Å²) >= 11 is 0. The van der Waals surface area contributed by atoms with Crippen LogP contribution in [0.1, 0.15) is 39.5 Å². The van der Waals surface area contributed by atoms with Gasteiger partial charge in [0.1, 0.15) is 0 Å². The van der Waals surface area contributed by atoms with Crippen molar-refractivity contribution in [3.8, 4) is 0 Å². The lowest BCUT2D eigenvalue weighted by Gasteiger charge is -2.42. The van der Waals surface area contributed by atoms with Crippen LogP contribution < -0.4 is 4.72 Å². The zero-order chi connectivity index (χ0) is 17.3. The van der Waals surface area contributed by atoms with Crippen LogP contribution in [-0.4, -0.2) is 68.0 Å². The summed E-state index contributed by atoms with van der Waals surface area (Å²) in [5, 5.41) is 9.03. The van der Waals surface area contributed by atoms with E-state index in [1.54, 1.807) is 13.8 Å². The first-order valence-electron chi connectivity index (χ1n) is 8.11. The summed E-state index contributed by atoms with van der Waals surface area (Å²) < 4.78 is 32.2. The molecule has 23 heavy (non-hydrogen) atoms. The van der Waals surface area contributed by atoms with E-state index >= 15 is 0 Å². The molecule has 134 valence electrons. The molecule has 0 radical (unpaired) electrons. The summed E-state index contributed by atoms with van der Waals surface area (Å²) in [7, 11) is -1.91. The van der Waals surface area contributed by atoms with Gasteiger partial charge in [0.25, 0.3) is 0 Å². The lowest BCUT2D eigenvalue weighted by atomic mass is 9.86. The van der Waals surface area contributed by atoms with Crippen molar-refractivity contribution in [3.05, 3.63) is 0 Å². The third-order valence-electron chi connectivity index (χ3n) is 4.59. The molecule has 2 saturated carbocycles. The van der Waals surface area contributed by atoms with E-state index in [-0.39, 0.29) is 24.4 Å². The predicted octanol–water partition coefficient (Wildman–Crippen LogP) is 0.658. The second-order valence-corrected chi connectivity index (χ2v) is 9.18. The number of rotatable bonds is 10. The van der Waals surface area contributed by atoms with Crippen molar-refractivity contribution in [2.24, 2.45) is 5.92 Å². The van der Waals surface area contributed by atoms with E-state index in [0.29, 0.717) is 18.8 Å². The average molecular weight is 348 g/mol. The van der Waals surface area contributed by atoms with Crippen LogP contribution in [0.5, 0.6) is 0 Å². The summed E-state index contributed by atoms with van der Waals surface area (Å²) in [4.78, 5) is 13.0. The van der Waals surface area contributed by atoms with Gasteiger partial charge in [0.15, 0.2) is 0 Å². The van der Waals surface area contributed by atoms with Gasteiger partial charge in [-0.25, -0.2) is 13.1 Å². The molecular formula is C15H28N2O5S. The Morgan fingerprint density at radius 1 is 1.35 bits per heavy atom. The van der Waals surface area contributed by atoms with Gasteiger partial charge < -0.3 is 9.84 Å². The Morgan fingerprint density at radius 2 is 1.96 bits per heavy atom. The van der Waals surface area contributed by atoms with Crippen LogP contribution in [0.4, 0.5) is 0 Å². The highest BCUT2D eigenvalue weighted by atomic mass is 32.2. The monoisotopic (exact) mass is 348 g/mol. The first kappa shape index (κ1) is 18.6. The fourth-order valence-electron chi connectivity index (χ4n) is 2.94. The molecule has 2 fully saturated rings. The Hall–Kier alpha value is -0.700. The van der Waals surface area contributed by atoms with Crippen LogP contribution in [0, 0.1) is 5.92 Å². The molecule has 2 aliphatic carbocycles. The van der Waals surface area contributed by atoms with Crippen LogP contribution in [-0.2, 0) is 19.6 Å². The first-order chi connectivity index (χ1) is 10.6. The fourth-order valence-corrected chi connectivity index (χ4v) is 4.76. The zero-order valence-electron chi connectivity index (χ0n) is 14.1. The summed E-state index contributed by atoms with van der Waals surface area (Å²) in [5.74, 6) is -0.289. The standard InChI is InChI=1S/C15H28N2O5S/c1-15(2,22-3)10-23(20,21)16-12-6-13(7-12)17(9-14(18)19)8-11-4-5-11/h11-13,16H,4-10H2,1-3H3,(H,18,19). The third kappa shape index (κ3) is 6.02. The van der Waals surface area contributed by atoms with Crippen LogP contribution >= 0.6 is 0 Å². The molecule has 0 amide bonds. The van der Waals surface area contributed by atoms with Crippen molar-refractivity contribution in [1.29, 1.82) is 0 Å². The predicted molar refractivity (Wildman–Crippen MR) is 86.8 cm³/mol. The van der Waals surface area contributed by atoms with Gasteiger partial charge in [0, 0.05) is 25.7 Å². The smallest absolute Gasteiger partial charge is 0.317 e. The SMILES string of the molecule is COC(C)(C)CS(=O)(=O)NC1CC(N(CC(=O)O)CC2CC2)C1. The van der Waals surface area contributed by atoms with Crippen molar-refractivity contribution in [1.82, 2.24) is 9.62 Å². The first-order valence-corrected chi connectivity index (χ1v) is 9.76. The Kier molecular flexibility index (Phi) is 5.71. The number of carbonyl (C=O) groups is 1. The second kappa shape index (κ2) is 7.04. The molecule has 0 saturated heterocycles. The van der Waals surface area contributed by atoms with Crippen LogP contribution in [0.2, 0.25) is 0 Å². The maximum absolute atomic E-state index is 12.2. The van der Waals surface area contributed by atoms with E-state index in [4.69, 9.17) is 9.84 Å². The molecule has 7 nitrogen and oxygen atoms in total. The van der Waals surface area contributed by atoms with Crippen molar-refractivity contribution in [2.75, 3.05) is 26.0 Å². The van der Waals surface area contributed by atoms with Gasteiger partial charge in [-0.2, -0.15) is 0 Å². The summed E-state index contributed by atoms with van der Waals surface area (Å²) in [5.41, 5.74) is -0.726. The third-order valence-corrected chi connectivity index (χ3v) is 6.36. The van der Waals surface area contributed by atoms with Gasteiger partial charge in [-0.3, -0.25) is 9.69 Å². The van der Waals surface area contributed by atoms with Gasteiger partial charge in [0.2, 0.25) is 10.0 Å². The van der Waals surface area contributed by atoms with Gasteiger partial charge in [0.05, 0.1) is 17.9 Å². The highest BCUT2D eigenvalue weighted by molar-refractivity contribution is 7.89. The normalized spacial score (nSPS) is 25.4. The van der Waals surface area contributed by atoms with E-state index in [2.05, 4.69) is 4.72 Å². The number of carboxylic acid groups (broad SMARTS) is 1. The molecule has 0 aromatic heterocycles. The summed E-state index contributed by atoms with van der Waals surface area (Å²) in [6, 6.07) is 0.0583. The van der Waals surface area contributed by atoms with Gasteiger partial charge >= 0.3 is 5.97 Å². The molecule has 2 aliphatic rings. The van der Waals surface area contributed by atoms with E-state index in [1.165, 1.54) is 20.0 Å². The Labute approximate surface area is 138 Å².